The zero-order valence-corrected chi connectivity index (χ0v) is 14.9. The lowest BCUT2D eigenvalue weighted by molar-refractivity contribution is -0.116. The lowest BCUT2D eigenvalue weighted by Crippen LogP contribution is -2.20. The maximum atomic E-state index is 12.0. The van der Waals surface area contributed by atoms with Crippen LogP contribution in [-0.4, -0.2) is 11.8 Å². The van der Waals surface area contributed by atoms with Crippen LogP contribution in [0, 0.1) is 6.92 Å². The number of amides is 2. The number of hydrogen-bond donors (Lipinski definition) is 2. The molecule has 0 aliphatic carbocycles. The minimum atomic E-state index is -0.317. The Balaban J connectivity index is 1.55. The van der Waals surface area contributed by atoms with Crippen molar-refractivity contribution in [2.75, 3.05) is 5.32 Å². The van der Waals surface area contributed by atoms with Gasteiger partial charge in [-0.2, -0.15) is 0 Å². The second-order valence-corrected chi connectivity index (χ2v) is 6.10. The summed E-state index contributed by atoms with van der Waals surface area (Å²) in [7, 11) is 0. The van der Waals surface area contributed by atoms with Gasteiger partial charge >= 0.3 is 0 Å². The van der Waals surface area contributed by atoms with Crippen LogP contribution in [-0.2, 0) is 11.3 Å². The number of rotatable bonds is 6. The number of benzene rings is 2. The molecule has 1 heterocycles. The Hall–Kier alpha value is -3.60. The van der Waals surface area contributed by atoms with Gasteiger partial charge in [0.15, 0.2) is 5.76 Å². The van der Waals surface area contributed by atoms with Gasteiger partial charge < -0.3 is 15.1 Å². The molecule has 5 heteroatoms. The standard InChI is InChI=1S/C22H20N2O3/c1-16-5-2-6-17(13-16)10-11-21(25)23-15-18-7-3-8-19(14-18)24-22(26)20-9-4-12-27-20/h2-14H,15H2,1H3,(H,23,25)(H,24,26)/b11-10+. The molecule has 0 fully saturated rings. The monoisotopic (exact) mass is 360 g/mol. The maximum absolute atomic E-state index is 12.0. The average molecular weight is 360 g/mol. The van der Waals surface area contributed by atoms with Gasteiger partial charge in [0.2, 0.25) is 5.91 Å². The van der Waals surface area contributed by atoms with Crippen LogP contribution in [0.15, 0.2) is 77.4 Å². The molecule has 0 saturated carbocycles. The minimum absolute atomic E-state index is 0.179. The van der Waals surface area contributed by atoms with Gasteiger partial charge in [-0.15, -0.1) is 0 Å². The second kappa shape index (κ2) is 8.67. The second-order valence-electron chi connectivity index (χ2n) is 6.10. The molecule has 2 aromatic carbocycles. The van der Waals surface area contributed by atoms with E-state index in [0.29, 0.717) is 12.2 Å². The van der Waals surface area contributed by atoms with Crippen LogP contribution < -0.4 is 10.6 Å². The molecule has 0 saturated heterocycles. The highest BCUT2D eigenvalue weighted by Gasteiger charge is 2.08. The summed E-state index contributed by atoms with van der Waals surface area (Å²) < 4.78 is 5.07. The van der Waals surface area contributed by atoms with Gasteiger partial charge in [-0.1, -0.05) is 42.0 Å². The van der Waals surface area contributed by atoms with Crippen molar-refractivity contribution in [3.8, 4) is 0 Å². The van der Waals surface area contributed by atoms with E-state index in [4.69, 9.17) is 4.42 Å². The molecule has 0 unspecified atom stereocenters. The predicted molar refractivity (Wildman–Crippen MR) is 105 cm³/mol. The number of aryl methyl sites for hydroxylation is 1. The Morgan fingerprint density at radius 3 is 2.67 bits per heavy atom. The molecular weight excluding hydrogens is 340 g/mol. The zero-order chi connectivity index (χ0) is 19.1. The Bertz CT molecular complexity index is 959. The minimum Gasteiger partial charge on any atom is -0.459 e. The molecule has 2 amide bonds. The van der Waals surface area contributed by atoms with Gasteiger partial charge in [0.1, 0.15) is 0 Å². The Kier molecular flexibility index (Phi) is 5.84. The van der Waals surface area contributed by atoms with Gasteiger partial charge in [-0.3, -0.25) is 9.59 Å². The van der Waals surface area contributed by atoms with Gasteiger partial charge in [0.05, 0.1) is 6.26 Å². The Morgan fingerprint density at radius 2 is 1.89 bits per heavy atom. The van der Waals surface area contributed by atoms with Crippen LogP contribution >= 0.6 is 0 Å². The van der Waals surface area contributed by atoms with E-state index in [9.17, 15) is 9.59 Å². The normalized spacial score (nSPS) is 10.7. The highest BCUT2D eigenvalue weighted by molar-refractivity contribution is 6.02. The van der Waals surface area contributed by atoms with Gasteiger partial charge in [0, 0.05) is 18.3 Å². The van der Waals surface area contributed by atoms with Gasteiger partial charge in [0.25, 0.3) is 5.91 Å². The molecule has 3 rings (SSSR count). The van der Waals surface area contributed by atoms with E-state index in [1.807, 2.05) is 49.4 Å². The topological polar surface area (TPSA) is 71.3 Å². The Labute approximate surface area is 157 Å². The number of carbonyl (C=O) groups is 2. The summed E-state index contributed by atoms with van der Waals surface area (Å²) in [5, 5.41) is 5.60. The summed E-state index contributed by atoms with van der Waals surface area (Å²) in [5.41, 5.74) is 3.64. The molecule has 0 aliphatic heterocycles. The summed E-state index contributed by atoms with van der Waals surface area (Å²) in [5.74, 6) is -0.251. The summed E-state index contributed by atoms with van der Waals surface area (Å²) in [6.07, 6.45) is 4.74. The lowest BCUT2D eigenvalue weighted by Gasteiger charge is -2.07. The first-order chi connectivity index (χ1) is 13.1. The molecule has 0 bridgehead atoms. The van der Waals surface area contributed by atoms with Crippen LogP contribution in [0.25, 0.3) is 6.08 Å². The quantitative estimate of drug-likeness (QED) is 0.648. The highest BCUT2D eigenvalue weighted by atomic mass is 16.3. The number of anilines is 1. The molecule has 5 nitrogen and oxygen atoms in total. The number of hydrogen-bond acceptors (Lipinski definition) is 3. The SMILES string of the molecule is Cc1cccc(/C=C/C(=O)NCc2cccc(NC(=O)c3ccco3)c2)c1. The molecule has 0 atom stereocenters. The molecular formula is C22H20N2O3. The highest BCUT2D eigenvalue weighted by Crippen LogP contribution is 2.13. The Morgan fingerprint density at radius 1 is 1.04 bits per heavy atom. The van der Waals surface area contributed by atoms with E-state index in [0.717, 1.165) is 16.7 Å². The number of nitrogens with one attached hydrogen (secondary N) is 2. The van der Waals surface area contributed by atoms with Crippen LogP contribution in [0.2, 0.25) is 0 Å². The fourth-order valence-corrected chi connectivity index (χ4v) is 2.55. The summed E-state index contributed by atoms with van der Waals surface area (Å²) in [6, 6.07) is 18.5. The van der Waals surface area contributed by atoms with Gasteiger partial charge in [-0.05, 0) is 48.4 Å². The molecule has 1 aromatic heterocycles. The molecule has 0 spiro atoms. The fourth-order valence-electron chi connectivity index (χ4n) is 2.55. The maximum Gasteiger partial charge on any atom is 0.291 e. The average Bonchev–Trinajstić information content (AvgIpc) is 3.20. The van der Waals surface area contributed by atoms with Crippen molar-refractivity contribution in [1.82, 2.24) is 5.32 Å². The first-order valence-electron chi connectivity index (χ1n) is 8.56. The third kappa shape index (κ3) is 5.44. The molecule has 3 aromatic rings. The first-order valence-corrected chi connectivity index (χ1v) is 8.56. The lowest BCUT2D eigenvalue weighted by atomic mass is 10.1. The van der Waals surface area contributed by atoms with E-state index in [2.05, 4.69) is 10.6 Å². The predicted octanol–water partition coefficient (Wildman–Crippen LogP) is 4.17. The van der Waals surface area contributed by atoms with Crippen LogP contribution in [0.4, 0.5) is 5.69 Å². The largest absolute Gasteiger partial charge is 0.459 e. The van der Waals surface area contributed by atoms with Crippen molar-refractivity contribution in [2.45, 2.75) is 13.5 Å². The molecule has 0 aliphatic rings. The van der Waals surface area contributed by atoms with Crippen molar-refractivity contribution >= 4 is 23.6 Å². The number of furan rings is 1. The molecule has 2 N–H and O–H groups in total. The molecule has 136 valence electrons. The smallest absolute Gasteiger partial charge is 0.291 e. The molecule has 0 radical (unpaired) electrons. The molecule has 27 heavy (non-hydrogen) atoms. The zero-order valence-electron chi connectivity index (χ0n) is 14.9. The van der Waals surface area contributed by atoms with Crippen molar-refractivity contribution in [3.05, 3.63) is 95.5 Å². The van der Waals surface area contributed by atoms with Crippen molar-refractivity contribution in [1.29, 1.82) is 0 Å². The van der Waals surface area contributed by atoms with E-state index in [-0.39, 0.29) is 17.6 Å². The first kappa shape index (κ1) is 18.2. The van der Waals surface area contributed by atoms with Crippen molar-refractivity contribution < 1.29 is 14.0 Å². The van der Waals surface area contributed by atoms with Crippen LogP contribution in [0.1, 0.15) is 27.2 Å². The fraction of sp³-hybridized carbons (Fsp3) is 0.0909. The van der Waals surface area contributed by atoms with E-state index >= 15 is 0 Å². The number of carbonyl (C=O) groups excluding carboxylic acids is 2. The van der Waals surface area contributed by atoms with E-state index < -0.39 is 0 Å². The summed E-state index contributed by atoms with van der Waals surface area (Å²) in [6.45, 7) is 2.37. The third-order valence-electron chi connectivity index (χ3n) is 3.87. The summed E-state index contributed by atoms with van der Waals surface area (Å²) in [4.78, 5) is 24.0. The van der Waals surface area contributed by atoms with Crippen molar-refractivity contribution in [2.24, 2.45) is 0 Å². The van der Waals surface area contributed by atoms with Gasteiger partial charge in [-0.25, -0.2) is 0 Å². The van der Waals surface area contributed by atoms with E-state index in [1.165, 1.54) is 12.3 Å². The van der Waals surface area contributed by atoms with Crippen LogP contribution in [0.5, 0.6) is 0 Å². The van der Waals surface area contributed by atoms with Crippen molar-refractivity contribution in [3.63, 3.8) is 0 Å². The third-order valence-corrected chi connectivity index (χ3v) is 3.87. The summed E-state index contributed by atoms with van der Waals surface area (Å²) >= 11 is 0. The van der Waals surface area contributed by atoms with E-state index in [1.54, 1.807) is 24.3 Å². The van der Waals surface area contributed by atoms with Crippen LogP contribution in [0.3, 0.4) is 0 Å².